The number of nitrogens with zero attached hydrogens (tertiary/aromatic N) is 2. The van der Waals surface area contributed by atoms with Gasteiger partial charge in [-0.3, -0.25) is 57.9 Å². The van der Waals surface area contributed by atoms with E-state index in [1.54, 1.807) is 30.5 Å². The van der Waals surface area contributed by atoms with Gasteiger partial charge in [-0.2, -0.15) is 13.2 Å². The van der Waals surface area contributed by atoms with Crippen LogP contribution >= 0.6 is 0 Å². The molecule has 7 amide bonds. The van der Waals surface area contributed by atoms with Crippen molar-refractivity contribution < 1.29 is 61.1 Å². The molecule has 1 aliphatic rings. The van der Waals surface area contributed by atoms with Crippen molar-refractivity contribution in [2.24, 2.45) is 56.2 Å². The van der Waals surface area contributed by atoms with E-state index in [1.807, 2.05) is 0 Å². The maximum absolute atomic E-state index is 14.8. The molecule has 1 saturated heterocycles. The fraction of sp³-hybridized carbons (Fsp3) is 0.500. The number of hydrogen-bond acceptors (Lipinski definition) is 12. The number of aromatic amines is 1. The van der Waals surface area contributed by atoms with E-state index in [4.69, 9.17) is 34.4 Å². The first kappa shape index (κ1) is 63.1. The van der Waals surface area contributed by atoms with Gasteiger partial charge >= 0.3 is 6.18 Å². The third-order valence-electron chi connectivity index (χ3n) is 13.2. The van der Waals surface area contributed by atoms with E-state index >= 15 is 0 Å². The Morgan fingerprint density at radius 2 is 1.35 bits per heavy atom. The molecule has 0 aliphatic carbocycles. The summed E-state index contributed by atoms with van der Waals surface area (Å²) in [6.07, 6.45) is -7.03. The first-order valence-electron chi connectivity index (χ1n) is 25.8. The molecule has 2 aromatic carbocycles. The number of carbonyl (C=O) groups is 10. The molecule has 79 heavy (non-hydrogen) atoms. The van der Waals surface area contributed by atoms with Crippen LogP contribution in [-0.4, -0.2) is 119 Å². The van der Waals surface area contributed by atoms with Crippen molar-refractivity contribution in [1.29, 1.82) is 0 Å². The minimum Gasteiger partial charge on any atom is -0.370 e. The molecule has 0 bridgehead atoms. The lowest BCUT2D eigenvalue weighted by molar-refractivity contribution is -0.139. The SMILES string of the molecule is CC(=O)N[C@@H](CCCN=C(N)N)C(=O)N[C@H]1CCCCC(=O)CC[C@@H](C(N)=O)NC(=O)[C@H](Cc2c[nH]c3ccccc23)CC(=O)[C@H](CCCN=C(N)N)CC(=O)[C@@H](Cc2ccccc2C(F)(F)F)NC(=O)[C@H](CC(N)=O)NC1=O. The minimum absolute atomic E-state index is 0.0230. The number of hydrogen-bond donors (Lipinski definition) is 12. The van der Waals surface area contributed by atoms with Crippen LogP contribution in [0.25, 0.3) is 10.9 Å². The number of amides is 7. The second-order valence-corrected chi connectivity index (χ2v) is 19.4. The zero-order chi connectivity index (χ0) is 58.4. The van der Waals surface area contributed by atoms with Crippen LogP contribution in [0.1, 0.15) is 107 Å². The van der Waals surface area contributed by atoms with Gasteiger partial charge in [0.05, 0.1) is 18.0 Å². The van der Waals surface area contributed by atoms with Crippen molar-refractivity contribution in [2.75, 3.05) is 13.1 Å². The Bertz CT molecular complexity index is 2740. The van der Waals surface area contributed by atoms with Crippen LogP contribution in [0.2, 0.25) is 0 Å². The Morgan fingerprint density at radius 1 is 0.709 bits per heavy atom. The maximum Gasteiger partial charge on any atom is 0.416 e. The molecular formula is C52H71F3N14O10. The summed E-state index contributed by atoms with van der Waals surface area (Å²) in [5.41, 5.74) is 32.9. The topological polar surface area (TPSA) is 427 Å². The predicted octanol–water partition coefficient (Wildman–Crippen LogP) is -0.0422. The van der Waals surface area contributed by atoms with Gasteiger partial charge in [0.15, 0.2) is 17.7 Å². The molecular weight excluding hydrogens is 1040 g/mol. The largest absolute Gasteiger partial charge is 0.416 e. The van der Waals surface area contributed by atoms with E-state index < -0.39 is 138 Å². The minimum atomic E-state index is -4.95. The summed E-state index contributed by atoms with van der Waals surface area (Å²) in [6.45, 7) is 1.17. The zero-order valence-electron chi connectivity index (χ0n) is 43.8. The molecule has 24 nitrogen and oxygen atoms in total. The fourth-order valence-corrected chi connectivity index (χ4v) is 9.17. The van der Waals surface area contributed by atoms with E-state index in [2.05, 4.69) is 41.6 Å². The smallest absolute Gasteiger partial charge is 0.370 e. The normalized spacial score (nSPS) is 21.1. The molecule has 4 rings (SSSR count). The number of carbonyl (C=O) groups excluding carboxylic acids is 10. The molecule has 27 heteroatoms. The van der Waals surface area contributed by atoms with E-state index in [0.717, 1.165) is 25.1 Å². The van der Waals surface area contributed by atoms with Gasteiger partial charge in [0.2, 0.25) is 41.4 Å². The Kier molecular flexibility index (Phi) is 24.4. The van der Waals surface area contributed by atoms with Gasteiger partial charge in [-0.25, -0.2) is 0 Å². The van der Waals surface area contributed by atoms with E-state index in [0.29, 0.717) is 16.5 Å². The summed E-state index contributed by atoms with van der Waals surface area (Å²) in [5, 5.41) is 13.1. The Hall–Kier alpha value is -8.39. The highest BCUT2D eigenvalue weighted by atomic mass is 19.4. The highest BCUT2D eigenvalue weighted by Gasteiger charge is 2.38. The van der Waals surface area contributed by atoms with Crippen molar-refractivity contribution in [2.45, 2.75) is 140 Å². The second-order valence-electron chi connectivity index (χ2n) is 19.4. The van der Waals surface area contributed by atoms with Gasteiger partial charge in [-0.05, 0) is 74.6 Å². The summed E-state index contributed by atoms with van der Waals surface area (Å²) in [7, 11) is 0. The van der Waals surface area contributed by atoms with Crippen LogP contribution in [-0.2, 0) is 67.0 Å². The Balaban J connectivity index is 1.84. The standard InChI is InChI=1S/C52H71F3N14O10/c1-28(70)65-38(17-9-21-63-51(60)61)47(77)67-39-16-6-3-12-33(71)18-19-37(45(57)75)66-46(76)31(22-32-27-64-36-15-7-4-13-34(32)36)25-42(72)30(11-8-20-62-50(58)59)24-43(73)40(23-29-10-2-5-14-35(29)52(53,54)55)68-49(79)41(26-44(56)74)69-48(39)78/h2,4-5,7,10,13-15,27,30-31,37-41,64H,3,6,8-9,11-12,16-26H2,1H3,(H2,56,74)(H2,57,75)(H,65,70)(H,66,76)(H,67,77)(H,68,79)(H,69,78)(H4,58,59,62)(H4,60,61,63)/t30-,31-,37+,38+,39+,40-,41+/m1/s1. The van der Waals surface area contributed by atoms with Crippen LogP contribution in [0.5, 0.6) is 0 Å². The van der Waals surface area contributed by atoms with Gasteiger partial charge in [-0.1, -0.05) is 42.8 Å². The lowest BCUT2D eigenvalue weighted by Gasteiger charge is -2.27. The number of halogens is 3. The van der Waals surface area contributed by atoms with Crippen molar-refractivity contribution in [3.05, 3.63) is 71.4 Å². The molecule has 3 aromatic rings. The quantitative estimate of drug-likeness (QED) is 0.0452. The molecule has 18 N–H and O–H groups in total. The monoisotopic (exact) mass is 1110 g/mol. The van der Waals surface area contributed by atoms with Crippen molar-refractivity contribution >= 4 is 81.5 Å². The summed E-state index contributed by atoms with van der Waals surface area (Å²) >= 11 is 0. The number of Topliss-reactive ketones (excluding diaryl/α,β-unsaturated/α-hetero) is 3. The molecule has 430 valence electrons. The summed E-state index contributed by atoms with van der Waals surface area (Å²) < 4.78 is 43.5. The molecule has 1 fully saturated rings. The Morgan fingerprint density at radius 3 is 2.01 bits per heavy atom. The highest BCUT2D eigenvalue weighted by Crippen LogP contribution is 2.33. The van der Waals surface area contributed by atoms with Crippen molar-refractivity contribution in [3.8, 4) is 0 Å². The molecule has 1 aromatic heterocycles. The van der Waals surface area contributed by atoms with Crippen LogP contribution in [0.15, 0.2) is 64.7 Å². The molecule has 7 atom stereocenters. The highest BCUT2D eigenvalue weighted by molar-refractivity contribution is 5.99. The fourth-order valence-electron chi connectivity index (χ4n) is 9.17. The van der Waals surface area contributed by atoms with Gasteiger partial charge in [0.25, 0.3) is 0 Å². The van der Waals surface area contributed by atoms with Crippen LogP contribution in [0.3, 0.4) is 0 Å². The van der Waals surface area contributed by atoms with Crippen molar-refractivity contribution in [3.63, 3.8) is 0 Å². The second kappa shape index (κ2) is 30.5. The molecule has 1 aliphatic heterocycles. The van der Waals surface area contributed by atoms with Crippen LogP contribution in [0, 0.1) is 11.8 Å². The number of alkyl halides is 3. The number of guanidine groups is 2. The molecule has 2 heterocycles. The number of para-hydroxylation sites is 1. The summed E-state index contributed by atoms with van der Waals surface area (Å²) in [4.78, 5) is 148. The van der Waals surface area contributed by atoms with Crippen LogP contribution in [0.4, 0.5) is 13.2 Å². The van der Waals surface area contributed by atoms with Crippen LogP contribution < -0.4 is 61.0 Å². The average Bonchev–Trinajstić information content (AvgIpc) is 3.81. The average molecular weight is 1110 g/mol. The number of nitrogens with one attached hydrogen (secondary N) is 6. The van der Waals surface area contributed by atoms with Crippen molar-refractivity contribution in [1.82, 2.24) is 31.6 Å². The first-order valence-corrected chi connectivity index (χ1v) is 25.8. The number of fused-ring (bicyclic) bond motifs is 1. The van der Waals surface area contributed by atoms with E-state index in [1.165, 1.54) is 6.07 Å². The number of rotatable bonds is 18. The molecule has 0 spiro atoms. The third-order valence-corrected chi connectivity index (χ3v) is 13.2. The number of aromatic nitrogens is 1. The third kappa shape index (κ3) is 21.2. The molecule has 0 saturated carbocycles. The van der Waals surface area contributed by atoms with Gasteiger partial charge in [-0.15, -0.1) is 0 Å². The molecule has 0 unspecified atom stereocenters. The summed E-state index contributed by atoms with van der Waals surface area (Å²) in [5.74, 6) is -11.8. The lowest BCUT2D eigenvalue weighted by atomic mass is 9.83. The number of nitrogens with two attached hydrogens (primary N) is 6. The number of aliphatic imine (C=N–C) groups is 2. The van der Waals surface area contributed by atoms with E-state index in [-0.39, 0.29) is 101 Å². The number of primary amides is 2. The van der Waals surface area contributed by atoms with Gasteiger partial charge < -0.3 is 66.0 Å². The van der Waals surface area contributed by atoms with E-state index in [9.17, 15) is 61.1 Å². The number of H-pyrrole nitrogens is 1. The first-order chi connectivity index (χ1) is 37.3. The maximum atomic E-state index is 14.8. The number of benzene rings is 2. The number of ketones is 3. The lowest BCUT2D eigenvalue weighted by Crippen LogP contribution is -2.58. The molecule has 0 radical (unpaired) electrons. The van der Waals surface area contributed by atoms with Gasteiger partial charge in [0.1, 0.15) is 35.7 Å². The zero-order valence-corrected chi connectivity index (χ0v) is 43.8. The summed E-state index contributed by atoms with van der Waals surface area (Å²) in [6, 6.07) is 3.34. The Labute approximate surface area is 453 Å². The van der Waals surface area contributed by atoms with Gasteiger partial charge in [0, 0.05) is 81.1 Å². The predicted molar refractivity (Wildman–Crippen MR) is 284 cm³/mol.